The maximum Gasteiger partial charge on any atom is 0.355 e. The largest absolute Gasteiger partial charge is 0.451 e. The summed E-state index contributed by atoms with van der Waals surface area (Å²) in [5.74, 6) is -1.06. The second-order valence-electron chi connectivity index (χ2n) is 6.60. The molecule has 4 rings (SSSR count). The number of thiophene rings is 1. The molecule has 0 fully saturated rings. The van der Waals surface area contributed by atoms with Crippen LogP contribution in [0, 0.1) is 0 Å². The predicted octanol–water partition coefficient (Wildman–Crippen LogP) is 2.36. The predicted molar refractivity (Wildman–Crippen MR) is 105 cm³/mol. The molecule has 0 spiro atoms. The van der Waals surface area contributed by atoms with E-state index in [1.165, 1.54) is 9.89 Å². The number of rotatable bonds is 4. The number of carbonyl (C=O) groups excluding carboxylic acids is 3. The maximum atomic E-state index is 12.4. The number of esters is 1. The topological polar surface area (TPSA) is 79.3 Å². The van der Waals surface area contributed by atoms with Gasteiger partial charge in [0.05, 0.1) is 5.69 Å². The molecule has 0 radical (unpaired) electrons. The van der Waals surface area contributed by atoms with Crippen LogP contribution in [0.2, 0.25) is 0 Å². The third-order valence-corrected chi connectivity index (χ3v) is 5.78. The molecular formula is C20H19N3O4S. The van der Waals surface area contributed by atoms with Crippen molar-refractivity contribution < 1.29 is 19.1 Å². The molecule has 0 N–H and O–H groups in total. The lowest BCUT2D eigenvalue weighted by atomic mass is 10.1. The van der Waals surface area contributed by atoms with Gasteiger partial charge in [0.25, 0.3) is 5.91 Å². The average molecular weight is 397 g/mol. The fourth-order valence-electron chi connectivity index (χ4n) is 3.23. The number of para-hydroxylation sites is 1. The van der Waals surface area contributed by atoms with Gasteiger partial charge in [-0.25, -0.2) is 9.80 Å². The highest BCUT2D eigenvalue weighted by Crippen LogP contribution is 2.24. The zero-order valence-electron chi connectivity index (χ0n) is 15.2. The molecule has 0 unspecified atom stereocenters. The Morgan fingerprint density at radius 1 is 1.11 bits per heavy atom. The minimum Gasteiger partial charge on any atom is -0.451 e. The van der Waals surface area contributed by atoms with Crippen molar-refractivity contribution in [1.82, 2.24) is 4.90 Å². The first-order valence-corrected chi connectivity index (χ1v) is 9.95. The van der Waals surface area contributed by atoms with Gasteiger partial charge in [-0.05, 0) is 35.6 Å². The smallest absolute Gasteiger partial charge is 0.355 e. The quantitative estimate of drug-likeness (QED) is 0.742. The highest BCUT2D eigenvalue weighted by atomic mass is 32.1. The minimum atomic E-state index is -0.657. The van der Waals surface area contributed by atoms with E-state index >= 15 is 0 Å². The summed E-state index contributed by atoms with van der Waals surface area (Å²) in [6.45, 7) is 0.851. The zero-order valence-corrected chi connectivity index (χ0v) is 16.0. The lowest BCUT2D eigenvalue weighted by Crippen LogP contribution is -2.39. The number of fused-ring (bicyclic) bond motifs is 1. The van der Waals surface area contributed by atoms with Gasteiger partial charge in [0, 0.05) is 30.8 Å². The number of hydrogen-bond acceptors (Lipinski definition) is 6. The molecule has 3 heterocycles. The normalized spacial score (nSPS) is 16.4. The van der Waals surface area contributed by atoms with Crippen molar-refractivity contribution in [3.63, 3.8) is 0 Å². The van der Waals surface area contributed by atoms with Crippen LogP contribution in [0.5, 0.6) is 0 Å². The van der Waals surface area contributed by atoms with Crippen LogP contribution in [0.3, 0.4) is 0 Å². The molecule has 2 aliphatic heterocycles. The molecule has 2 amide bonds. The van der Waals surface area contributed by atoms with E-state index in [0.29, 0.717) is 18.8 Å². The molecule has 0 atom stereocenters. The third-order valence-electron chi connectivity index (χ3n) is 4.76. The molecule has 2 aromatic rings. The van der Waals surface area contributed by atoms with Gasteiger partial charge in [-0.15, -0.1) is 11.3 Å². The van der Waals surface area contributed by atoms with Crippen LogP contribution in [-0.4, -0.2) is 41.5 Å². The summed E-state index contributed by atoms with van der Waals surface area (Å²) in [6, 6.07) is 10.9. The molecular weight excluding hydrogens is 378 g/mol. The summed E-state index contributed by atoms with van der Waals surface area (Å²) in [6.07, 6.45) is 1.20. The molecule has 0 saturated heterocycles. The minimum absolute atomic E-state index is 0.148. The fourth-order valence-corrected chi connectivity index (χ4v) is 4.12. The summed E-state index contributed by atoms with van der Waals surface area (Å²) in [5.41, 5.74) is 1.90. The van der Waals surface area contributed by atoms with Gasteiger partial charge in [-0.1, -0.05) is 18.2 Å². The molecule has 8 heteroatoms. The van der Waals surface area contributed by atoms with Gasteiger partial charge in [-0.2, -0.15) is 5.10 Å². The number of nitrogens with zero attached hydrogens (tertiary/aromatic N) is 3. The van der Waals surface area contributed by atoms with Gasteiger partial charge >= 0.3 is 5.97 Å². The average Bonchev–Trinajstić information content (AvgIpc) is 3.20. The van der Waals surface area contributed by atoms with Gasteiger partial charge in [-0.3, -0.25) is 9.59 Å². The van der Waals surface area contributed by atoms with Crippen molar-refractivity contribution in [2.45, 2.75) is 25.8 Å². The van der Waals surface area contributed by atoms with Crippen LogP contribution in [0.4, 0.5) is 5.69 Å². The van der Waals surface area contributed by atoms with Crippen molar-refractivity contribution >= 4 is 40.5 Å². The van der Waals surface area contributed by atoms with Crippen molar-refractivity contribution in [3.8, 4) is 0 Å². The van der Waals surface area contributed by atoms with Crippen molar-refractivity contribution in [2.75, 3.05) is 18.2 Å². The van der Waals surface area contributed by atoms with E-state index < -0.39 is 5.97 Å². The molecule has 144 valence electrons. The summed E-state index contributed by atoms with van der Waals surface area (Å²) in [4.78, 5) is 39.9. The molecule has 2 aliphatic rings. The van der Waals surface area contributed by atoms with E-state index in [4.69, 9.17) is 4.74 Å². The van der Waals surface area contributed by atoms with Crippen molar-refractivity contribution in [1.29, 1.82) is 0 Å². The highest BCUT2D eigenvalue weighted by molar-refractivity contribution is 7.10. The first-order chi connectivity index (χ1) is 13.6. The van der Waals surface area contributed by atoms with E-state index in [-0.39, 0.29) is 37.0 Å². The molecule has 28 heavy (non-hydrogen) atoms. The second-order valence-corrected chi connectivity index (χ2v) is 7.60. The molecule has 7 nitrogen and oxygen atoms in total. The number of carbonyl (C=O) groups is 3. The van der Waals surface area contributed by atoms with Gasteiger partial charge in [0.15, 0.2) is 6.61 Å². The SMILES string of the molecule is O=C(OCC(=O)N1CCc2sccc2C1)C1=NN(c2ccccc2)C(=O)CC1. The fraction of sp³-hybridized carbons (Fsp3) is 0.300. The first kappa shape index (κ1) is 18.4. The maximum absolute atomic E-state index is 12.4. The Balaban J connectivity index is 1.37. The van der Waals surface area contributed by atoms with Crippen LogP contribution in [0.15, 0.2) is 46.9 Å². The van der Waals surface area contributed by atoms with Crippen LogP contribution >= 0.6 is 11.3 Å². The number of anilines is 1. The Kier molecular flexibility index (Phi) is 5.21. The van der Waals surface area contributed by atoms with Crippen LogP contribution < -0.4 is 5.01 Å². The summed E-state index contributed by atoms with van der Waals surface area (Å²) >= 11 is 1.70. The van der Waals surface area contributed by atoms with Crippen molar-refractivity contribution in [2.24, 2.45) is 5.10 Å². The van der Waals surface area contributed by atoms with E-state index in [1.54, 1.807) is 40.5 Å². The number of amides is 2. The van der Waals surface area contributed by atoms with E-state index in [2.05, 4.69) is 5.10 Å². The Labute approximate surface area is 166 Å². The lowest BCUT2D eigenvalue weighted by Gasteiger charge is -2.27. The third kappa shape index (κ3) is 3.82. The summed E-state index contributed by atoms with van der Waals surface area (Å²) in [7, 11) is 0. The van der Waals surface area contributed by atoms with E-state index in [1.807, 2.05) is 17.5 Å². The van der Waals surface area contributed by atoms with Crippen molar-refractivity contribution in [3.05, 3.63) is 52.2 Å². The zero-order chi connectivity index (χ0) is 19.5. The standard InChI is InChI=1S/C20H19N3O4S/c24-18-7-6-16(21-23(18)15-4-2-1-3-5-15)20(26)27-13-19(25)22-10-8-17-14(12-22)9-11-28-17/h1-5,9,11H,6-8,10,12-13H2. The molecule has 1 aromatic carbocycles. The molecule has 0 bridgehead atoms. The second kappa shape index (κ2) is 7.93. The van der Waals surface area contributed by atoms with Gasteiger partial charge < -0.3 is 9.64 Å². The number of hydrogen-bond donors (Lipinski definition) is 0. The molecule has 1 aromatic heterocycles. The highest BCUT2D eigenvalue weighted by Gasteiger charge is 2.28. The summed E-state index contributed by atoms with van der Waals surface area (Å²) < 4.78 is 5.19. The van der Waals surface area contributed by atoms with Crippen LogP contribution in [0.1, 0.15) is 23.3 Å². The number of benzene rings is 1. The molecule has 0 aliphatic carbocycles. The Hall–Kier alpha value is -3.00. The molecule has 0 saturated carbocycles. The van der Waals surface area contributed by atoms with E-state index in [0.717, 1.165) is 12.0 Å². The Morgan fingerprint density at radius 3 is 2.75 bits per heavy atom. The van der Waals surface area contributed by atoms with Crippen LogP contribution in [-0.2, 0) is 32.1 Å². The first-order valence-electron chi connectivity index (χ1n) is 9.07. The lowest BCUT2D eigenvalue weighted by molar-refractivity contribution is -0.147. The van der Waals surface area contributed by atoms with Gasteiger partial charge in [0.1, 0.15) is 5.71 Å². The van der Waals surface area contributed by atoms with Gasteiger partial charge in [0.2, 0.25) is 5.91 Å². The summed E-state index contributed by atoms with van der Waals surface area (Å²) in [5, 5.41) is 7.39. The number of hydrazone groups is 1. The Bertz CT molecular complexity index is 938. The monoisotopic (exact) mass is 397 g/mol. The van der Waals surface area contributed by atoms with Crippen LogP contribution in [0.25, 0.3) is 0 Å². The number of ether oxygens (including phenoxy) is 1. The Morgan fingerprint density at radius 2 is 1.93 bits per heavy atom. The van der Waals surface area contributed by atoms with E-state index in [9.17, 15) is 14.4 Å².